The maximum atomic E-state index is 11.6. The van der Waals surface area contributed by atoms with E-state index in [1.165, 1.54) is 11.3 Å². The summed E-state index contributed by atoms with van der Waals surface area (Å²) in [6.07, 6.45) is 0.0381. The Bertz CT molecular complexity index is 450. The molecule has 0 radical (unpaired) electrons. The molecule has 7 heteroatoms. The lowest BCUT2D eigenvalue weighted by molar-refractivity contribution is -0.137. The molecule has 0 fully saturated rings. The molecule has 2 amide bonds. The van der Waals surface area contributed by atoms with Crippen LogP contribution in [-0.4, -0.2) is 23.7 Å². The summed E-state index contributed by atoms with van der Waals surface area (Å²) in [7, 11) is 0. The number of carbonyl (C=O) groups excluding carboxylic acids is 1. The van der Waals surface area contributed by atoms with Gasteiger partial charge in [-0.05, 0) is 25.0 Å². The number of thiophene rings is 1. The molecule has 1 aromatic rings. The van der Waals surface area contributed by atoms with Crippen LogP contribution in [0.5, 0.6) is 0 Å². The first-order valence-corrected chi connectivity index (χ1v) is 7.09. The molecule has 106 valence electrons. The predicted octanol–water partition coefficient (Wildman–Crippen LogP) is 2.87. The third-order valence-electron chi connectivity index (χ3n) is 2.50. The fourth-order valence-corrected chi connectivity index (χ4v) is 2.58. The number of carboxylic acid groups (broad SMARTS) is 1. The molecule has 1 heterocycles. The Morgan fingerprint density at radius 2 is 2.11 bits per heavy atom. The van der Waals surface area contributed by atoms with Crippen LogP contribution in [0.2, 0.25) is 4.34 Å². The molecular weight excluding hydrogens is 288 g/mol. The molecule has 0 aromatic carbocycles. The smallest absolute Gasteiger partial charge is 0.315 e. The van der Waals surface area contributed by atoms with Crippen molar-refractivity contribution in [1.82, 2.24) is 10.6 Å². The van der Waals surface area contributed by atoms with E-state index in [9.17, 15) is 9.59 Å². The van der Waals surface area contributed by atoms with Crippen LogP contribution >= 0.6 is 22.9 Å². The lowest BCUT2D eigenvalue weighted by atomic mass is 10.1. The van der Waals surface area contributed by atoms with Crippen molar-refractivity contribution < 1.29 is 14.7 Å². The summed E-state index contributed by atoms with van der Waals surface area (Å²) in [5.74, 6) is -0.967. The molecule has 1 aromatic heterocycles. The minimum Gasteiger partial charge on any atom is -0.481 e. The summed E-state index contributed by atoms with van der Waals surface area (Å²) in [6.45, 7) is 3.97. The van der Waals surface area contributed by atoms with E-state index in [2.05, 4.69) is 10.6 Å². The Balaban J connectivity index is 2.33. The van der Waals surface area contributed by atoms with Gasteiger partial charge in [0.1, 0.15) is 0 Å². The Labute approximate surface area is 121 Å². The minimum atomic E-state index is -0.865. The summed E-state index contributed by atoms with van der Waals surface area (Å²) >= 11 is 7.24. The van der Waals surface area contributed by atoms with E-state index in [0.29, 0.717) is 10.9 Å². The second-order valence-electron chi connectivity index (χ2n) is 4.42. The van der Waals surface area contributed by atoms with Gasteiger partial charge in [-0.1, -0.05) is 18.5 Å². The predicted molar refractivity (Wildman–Crippen MR) is 75.7 cm³/mol. The number of carboxylic acids is 1. The highest BCUT2D eigenvalue weighted by Crippen LogP contribution is 2.26. The van der Waals surface area contributed by atoms with Crippen molar-refractivity contribution in [1.29, 1.82) is 0 Å². The topological polar surface area (TPSA) is 78.4 Å². The zero-order valence-electron chi connectivity index (χ0n) is 10.8. The summed E-state index contributed by atoms with van der Waals surface area (Å²) in [6, 6.07) is 3.21. The van der Waals surface area contributed by atoms with Gasteiger partial charge in [0, 0.05) is 17.8 Å². The molecule has 0 saturated heterocycles. The van der Waals surface area contributed by atoms with Gasteiger partial charge >= 0.3 is 12.0 Å². The molecule has 2 unspecified atom stereocenters. The summed E-state index contributed by atoms with van der Waals surface area (Å²) in [5.41, 5.74) is 0. The molecule has 2 atom stereocenters. The van der Waals surface area contributed by atoms with E-state index in [1.54, 1.807) is 13.0 Å². The van der Waals surface area contributed by atoms with Gasteiger partial charge in [-0.25, -0.2) is 4.79 Å². The van der Waals surface area contributed by atoms with Gasteiger partial charge in [-0.15, -0.1) is 11.3 Å². The lowest BCUT2D eigenvalue weighted by Gasteiger charge is -2.15. The van der Waals surface area contributed by atoms with Crippen molar-refractivity contribution in [3.63, 3.8) is 0 Å². The van der Waals surface area contributed by atoms with E-state index < -0.39 is 5.97 Å². The maximum absolute atomic E-state index is 11.6. The van der Waals surface area contributed by atoms with Gasteiger partial charge in [0.25, 0.3) is 0 Å². The van der Waals surface area contributed by atoms with Crippen LogP contribution in [-0.2, 0) is 4.79 Å². The number of urea groups is 1. The molecule has 0 aliphatic rings. The van der Waals surface area contributed by atoms with Gasteiger partial charge in [0.2, 0.25) is 0 Å². The van der Waals surface area contributed by atoms with Crippen molar-refractivity contribution in [2.75, 3.05) is 6.54 Å². The van der Waals surface area contributed by atoms with Crippen molar-refractivity contribution in [2.24, 2.45) is 5.92 Å². The Kier molecular flexibility index (Phi) is 6.11. The zero-order valence-corrected chi connectivity index (χ0v) is 12.3. The summed E-state index contributed by atoms with van der Waals surface area (Å²) < 4.78 is 0.680. The van der Waals surface area contributed by atoms with E-state index in [-0.39, 0.29) is 24.4 Å². The second-order valence-corrected chi connectivity index (χ2v) is 6.17. The highest BCUT2D eigenvalue weighted by Gasteiger charge is 2.13. The molecule has 19 heavy (non-hydrogen) atoms. The fraction of sp³-hybridized carbons (Fsp3) is 0.500. The number of rotatable bonds is 6. The highest BCUT2D eigenvalue weighted by atomic mass is 35.5. The molecule has 0 aliphatic carbocycles. The molecule has 0 aliphatic heterocycles. The fourth-order valence-electron chi connectivity index (χ4n) is 1.52. The van der Waals surface area contributed by atoms with Gasteiger partial charge < -0.3 is 15.7 Å². The molecule has 1 rings (SSSR count). The first-order valence-electron chi connectivity index (χ1n) is 5.90. The zero-order chi connectivity index (χ0) is 14.4. The van der Waals surface area contributed by atoms with Gasteiger partial charge in [0.15, 0.2) is 0 Å². The quantitative estimate of drug-likeness (QED) is 0.756. The minimum absolute atomic E-state index is 0.0381. The van der Waals surface area contributed by atoms with Crippen molar-refractivity contribution in [3.8, 4) is 0 Å². The van der Waals surface area contributed by atoms with Crippen LogP contribution in [0.1, 0.15) is 31.2 Å². The van der Waals surface area contributed by atoms with Crippen molar-refractivity contribution in [3.05, 3.63) is 21.3 Å². The van der Waals surface area contributed by atoms with Gasteiger partial charge in [-0.3, -0.25) is 4.79 Å². The first-order chi connectivity index (χ1) is 8.88. The third-order valence-corrected chi connectivity index (χ3v) is 3.92. The Hall–Kier alpha value is -1.27. The van der Waals surface area contributed by atoms with E-state index in [4.69, 9.17) is 16.7 Å². The SMILES string of the molecule is CC(CNC(=O)NC(C)c1ccc(Cl)s1)CC(=O)O. The highest BCUT2D eigenvalue weighted by molar-refractivity contribution is 7.16. The monoisotopic (exact) mass is 304 g/mol. The van der Waals surface area contributed by atoms with Crippen LogP contribution < -0.4 is 10.6 Å². The molecular formula is C12H17ClN2O3S. The number of hydrogen-bond donors (Lipinski definition) is 3. The number of hydrogen-bond acceptors (Lipinski definition) is 3. The first kappa shape index (κ1) is 15.8. The van der Waals surface area contributed by atoms with Gasteiger partial charge in [0.05, 0.1) is 10.4 Å². The number of amides is 2. The second kappa shape index (κ2) is 7.35. The van der Waals surface area contributed by atoms with E-state index in [1.807, 2.05) is 13.0 Å². The number of aliphatic carboxylic acids is 1. The van der Waals surface area contributed by atoms with Crippen LogP contribution in [0.4, 0.5) is 4.79 Å². The van der Waals surface area contributed by atoms with Crippen LogP contribution in [0.3, 0.4) is 0 Å². The molecule has 5 nitrogen and oxygen atoms in total. The largest absolute Gasteiger partial charge is 0.481 e. The Morgan fingerprint density at radius 1 is 1.42 bits per heavy atom. The van der Waals surface area contributed by atoms with Crippen molar-refractivity contribution in [2.45, 2.75) is 26.3 Å². The molecule has 0 spiro atoms. The molecule has 0 saturated carbocycles. The number of nitrogens with one attached hydrogen (secondary N) is 2. The van der Waals surface area contributed by atoms with E-state index in [0.717, 1.165) is 4.88 Å². The van der Waals surface area contributed by atoms with Crippen molar-refractivity contribution >= 4 is 34.9 Å². The average molecular weight is 305 g/mol. The van der Waals surface area contributed by atoms with E-state index >= 15 is 0 Å². The van der Waals surface area contributed by atoms with Gasteiger partial charge in [-0.2, -0.15) is 0 Å². The standard InChI is InChI=1S/C12H17ClN2O3S/c1-7(5-11(16)17)6-14-12(18)15-8(2)9-3-4-10(13)19-9/h3-4,7-8H,5-6H2,1-2H3,(H,16,17)(H2,14,15,18). The summed E-state index contributed by atoms with van der Waals surface area (Å²) in [5, 5.41) is 14.0. The Morgan fingerprint density at radius 3 is 2.63 bits per heavy atom. The van der Waals surface area contributed by atoms with Crippen LogP contribution in [0, 0.1) is 5.92 Å². The average Bonchev–Trinajstić information content (AvgIpc) is 2.72. The third kappa shape index (κ3) is 5.94. The number of halogens is 1. The van der Waals surface area contributed by atoms with Crippen LogP contribution in [0.25, 0.3) is 0 Å². The lowest BCUT2D eigenvalue weighted by Crippen LogP contribution is -2.39. The maximum Gasteiger partial charge on any atom is 0.315 e. The summed E-state index contributed by atoms with van der Waals surface area (Å²) in [4.78, 5) is 23.1. The number of carbonyl (C=O) groups is 2. The van der Waals surface area contributed by atoms with Crippen LogP contribution in [0.15, 0.2) is 12.1 Å². The molecule has 3 N–H and O–H groups in total. The molecule has 0 bridgehead atoms. The normalized spacial score (nSPS) is 13.6.